The van der Waals surface area contributed by atoms with Gasteiger partial charge in [-0.05, 0) is 17.5 Å². The number of nitrogens with one attached hydrogen (secondary N) is 1. The second kappa shape index (κ2) is 5.71. The number of aliphatic hydroxyl groups excluding tert-OH is 1. The quantitative estimate of drug-likeness (QED) is 0.778. The van der Waals surface area contributed by atoms with Crippen LogP contribution in [0.15, 0.2) is 47.3 Å². The average molecular weight is 300 g/mol. The van der Waals surface area contributed by atoms with Crippen molar-refractivity contribution in [3.63, 3.8) is 0 Å². The Balaban J connectivity index is 1.75. The summed E-state index contributed by atoms with van der Waals surface area (Å²) in [4.78, 5) is 11.9. The smallest absolute Gasteiger partial charge is 0.252 e. The molecule has 2 aromatic heterocycles. The van der Waals surface area contributed by atoms with E-state index in [1.165, 1.54) is 11.3 Å². The second-order valence-corrected chi connectivity index (χ2v) is 5.73. The van der Waals surface area contributed by atoms with Crippen LogP contribution in [0.3, 0.4) is 0 Å². The van der Waals surface area contributed by atoms with E-state index >= 15 is 0 Å². The number of carbonyl (C=O) groups is 1. The van der Waals surface area contributed by atoms with E-state index < -0.39 is 6.10 Å². The Morgan fingerprint density at radius 1 is 1.38 bits per heavy atom. The largest absolute Gasteiger partial charge is 0.386 e. The standard InChI is InChI=1S/C16H16N2O2S/c1-18-9-13(12-4-2-3-5-14(12)18)15(19)8-17-16(20)11-6-7-21-10-11/h2-7,9-10,15,19H,8H2,1H3,(H,17,20)/t15-/m0/s1. The van der Waals surface area contributed by atoms with Crippen LogP contribution in [-0.2, 0) is 7.05 Å². The first-order valence-corrected chi connectivity index (χ1v) is 7.63. The Morgan fingerprint density at radius 3 is 2.95 bits per heavy atom. The summed E-state index contributed by atoms with van der Waals surface area (Å²) >= 11 is 1.48. The van der Waals surface area contributed by atoms with E-state index in [2.05, 4.69) is 5.32 Å². The summed E-state index contributed by atoms with van der Waals surface area (Å²) in [5.41, 5.74) is 2.53. The Labute approximate surface area is 126 Å². The van der Waals surface area contributed by atoms with Gasteiger partial charge in [0.05, 0.1) is 6.10 Å². The molecule has 3 aromatic rings. The van der Waals surface area contributed by atoms with Gasteiger partial charge in [-0.2, -0.15) is 11.3 Å². The molecule has 4 nitrogen and oxygen atoms in total. The van der Waals surface area contributed by atoms with Gasteiger partial charge in [0.25, 0.3) is 5.91 Å². The number of nitrogens with zero attached hydrogens (tertiary/aromatic N) is 1. The van der Waals surface area contributed by atoms with Crippen LogP contribution in [-0.4, -0.2) is 22.1 Å². The molecule has 5 heteroatoms. The molecule has 3 rings (SSSR count). The minimum Gasteiger partial charge on any atom is -0.386 e. The molecule has 2 heterocycles. The first-order valence-electron chi connectivity index (χ1n) is 6.69. The van der Waals surface area contributed by atoms with Gasteiger partial charge < -0.3 is 15.0 Å². The van der Waals surface area contributed by atoms with Crippen molar-refractivity contribution in [2.24, 2.45) is 7.05 Å². The van der Waals surface area contributed by atoms with E-state index in [-0.39, 0.29) is 12.5 Å². The number of carbonyl (C=O) groups excluding carboxylic acids is 1. The highest BCUT2D eigenvalue weighted by molar-refractivity contribution is 7.08. The van der Waals surface area contributed by atoms with Gasteiger partial charge in [-0.1, -0.05) is 18.2 Å². The zero-order valence-electron chi connectivity index (χ0n) is 11.6. The number of fused-ring (bicyclic) bond motifs is 1. The van der Waals surface area contributed by atoms with Gasteiger partial charge in [0.2, 0.25) is 0 Å². The normalized spacial score (nSPS) is 12.5. The van der Waals surface area contributed by atoms with Crippen molar-refractivity contribution >= 4 is 28.1 Å². The van der Waals surface area contributed by atoms with Gasteiger partial charge in [-0.3, -0.25) is 4.79 Å². The molecule has 1 atom stereocenters. The first-order chi connectivity index (χ1) is 10.2. The molecule has 1 aromatic carbocycles. The topological polar surface area (TPSA) is 54.3 Å². The van der Waals surface area contributed by atoms with Crippen molar-refractivity contribution in [3.8, 4) is 0 Å². The van der Waals surface area contributed by atoms with E-state index in [4.69, 9.17) is 0 Å². The van der Waals surface area contributed by atoms with Gasteiger partial charge in [-0.25, -0.2) is 0 Å². The summed E-state index contributed by atoms with van der Waals surface area (Å²) in [6, 6.07) is 9.67. The minimum atomic E-state index is -0.723. The van der Waals surface area contributed by atoms with Crippen LogP contribution in [0.25, 0.3) is 10.9 Å². The van der Waals surface area contributed by atoms with Crippen molar-refractivity contribution in [2.45, 2.75) is 6.10 Å². The van der Waals surface area contributed by atoms with Crippen LogP contribution >= 0.6 is 11.3 Å². The third-order valence-corrected chi connectivity index (χ3v) is 4.21. The van der Waals surface area contributed by atoms with Gasteiger partial charge >= 0.3 is 0 Å². The summed E-state index contributed by atoms with van der Waals surface area (Å²) in [7, 11) is 1.95. The maximum absolute atomic E-state index is 11.9. The summed E-state index contributed by atoms with van der Waals surface area (Å²) in [6.45, 7) is 0.197. The molecule has 0 bridgehead atoms. The number of thiophene rings is 1. The van der Waals surface area contributed by atoms with E-state index in [9.17, 15) is 9.90 Å². The van der Waals surface area contributed by atoms with Crippen LogP contribution in [0.1, 0.15) is 22.0 Å². The van der Waals surface area contributed by atoms with Gasteiger partial charge in [-0.15, -0.1) is 0 Å². The summed E-state index contributed by atoms with van der Waals surface area (Å²) in [5.74, 6) is -0.157. The molecule has 108 valence electrons. The molecule has 0 aliphatic rings. The summed E-state index contributed by atoms with van der Waals surface area (Å²) in [5, 5.41) is 17.8. The highest BCUT2D eigenvalue weighted by atomic mass is 32.1. The number of benzene rings is 1. The maximum Gasteiger partial charge on any atom is 0.252 e. The molecule has 0 saturated carbocycles. The molecule has 0 fully saturated rings. The highest BCUT2D eigenvalue weighted by Gasteiger charge is 2.15. The van der Waals surface area contributed by atoms with Crippen molar-refractivity contribution in [2.75, 3.05) is 6.54 Å². The number of hydrogen-bond donors (Lipinski definition) is 2. The van der Waals surface area contributed by atoms with Crippen molar-refractivity contribution < 1.29 is 9.90 Å². The molecule has 0 spiro atoms. The first kappa shape index (κ1) is 13.9. The lowest BCUT2D eigenvalue weighted by Gasteiger charge is -2.11. The highest BCUT2D eigenvalue weighted by Crippen LogP contribution is 2.25. The molecular weight excluding hydrogens is 284 g/mol. The van der Waals surface area contributed by atoms with Crippen LogP contribution < -0.4 is 5.32 Å². The third-order valence-electron chi connectivity index (χ3n) is 3.53. The minimum absolute atomic E-state index is 0.157. The molecule has 0 saturated heterocycles. The van der Waals surface area contributed by atoms with E-state index in [1.54, 1.807) is 11.4 Å². The van der Waals surface area contributed by atoms with Crippen LogP contribution in [0.5, 0.6) is 0 Å². The number of para-hydroxylation sites is 1. The molecule has 0 radical (unpaired) electrons. The summed E-state index contributed by atoms with van der Waals surface area (Å²) in [6.07, 6.45) is 1.19. The fraction of sp³-hybridized carbons (Fsp3) is 0.188. The Hall–Kier alpha value is -2.11. The number of aromatic nitrogens is 1. The summed E-state index contributed by atoms with van der Waals surface area (Å²) < 4.78 is 1.98. The van der Waals surface area contributed by atoms with Gasteiger partial charge in [0.15, 0.2) is 0 Å². The van der Waals surface area contributed by atoms with Gasteiger partial charge in [0, 0.05) is 47.2 Å². The van der Waals surface area contributed by atoms with E-state index in [0.29, 0.717) is 5.56 Å². The van der Waals surface area contributed by atoms with Crippen LogP contribution in [0, 0.1) is 0 Å². The van der Waals surface area contributed by atoms with Crippen molar-refractivity contribution in [1.82, 2.24) is 9.88 Å². The number of rotatable bonds is 4. The fourth-order valence-corrected chi connectivity index (χ4v) is 3.07. The number of hydrogen-bond acceptors (Lipinski definition) is 3. The lowest BCUT2D eigenvalue weighted by atomic mass is 10.1. The molecule has 2 N–H and O–H groups in total. The van der Waals surface area contributed by atoms with E-state index in [1.807, 2.05) is 47.5 Å². The zero-order valence-corrected chi connectivity index (χ0v) is 12.4. The van der Waals surface area contributed by atoms with Gasteiger partial charge in [0.1, 0.15) is 0 Å². The van der Waals surface area contributed by atoms with Crippen molar-refractivity contribution in [3.05, 3.63) is 58.4 Å². The maximum atomic E-state index is 11.9. The predicted molar refractivity (Wildman–Crippen MR) is 84.5 cm³/mol. The predicted octanol–water partition coefficient (Wildman–Crippen LogP) is 2.70. The number of amides is 1. The van der Waals surface area contributed by atoms with E-state index in [0.717, 1.165) is 16.5 Å². The Morgan fingerprint density at radius 2 is 2.19 bits per heavy atom. The fourth-order valence-electron chi connectivity index (χ4n) is 2.43. The second-order valence-electron chi connectivity index (χ2n) is 4.95. The molecule has 1 amide bonds. The molecule has 0 aliphatic heterocycles. The SMILES string of the molecule is Cn1cc([C@@H](O)CNC(=O)c2ccsc2)c2ccccc21. The average Bonchev–Trinajstić information content (AvgIpc) is 3.13. The lowest BCUT2D eigenvalue weighted by Crippen LogP contribution is -2.27. The molecular formula is C16H16N2O2S. The molecule has 21 heavy (non-hydrogen) atoms. The zero-order chi connectivity index (χ0) is 14.8. The van der Waals surface area contributed by atoms with Crippen LogP contribution in [0.2, 0.25) is 0 Å². The van der Waals surface area contributed by atoms with Crippen molar-refractivity contribution in [1.29, 1.82) is 0 Å². The monoisotopic (exact) mass is 300 g/mol. The third kappa shape index (κ3) is 2.70. The molecule has 0 unspecified atom stereocenters. The Bertz CT molecular complexity index is 762. The number of aliphatic hydroxyl groups is 1. The molecule has 0 aliphatic carbocycles. The Kier molecular flexibility index (Phi) is 3.77. The lowest BCUT2D eigenvalue weighted by molar-refractivity contribution is 0.0917. The van der Waals surface area contributed by atoms with Crippen LogP contribution in [0.4, 0.5) is 0 Å². The number of aryl methyl sites for hydroxylation is 1.